The number of nitrogens with one attached hydrogen (secondary N) is 2. The molecule has 0 saturated carbocycles. The van der Waals surface area contributed by atoms with Crippen molar-refractivity contribution >= 4 is 17.9 Å². The summed E-state index contributed by atoms with van der Waals surface area (Å²) in [4.78, 5) is 40.4. The third-order valence-electron chi connectivity index (χ3n) is 4.63. The van der Waals surface area contributed by atoms with E-state index in [2.05, 4.69) is 10.6 Å². The summed E-state index contributed by atoms with van der Waals surface area (Å²) >= 11 is 0. The molecule has 2 atom stereocenters. The van der Waals surface area contributed by atoms with Crippen molar-refractivity contribution in [1.82, 2.24) is 15.5 Å². The molecule has 1 aromatic rings. The lowest BCUT2D eigenvalue weighted by Crippen LogP contribution is -2.58. The van der Waals surface area contributed by atoms with Crippen molar-refractivity contribution in [2.24, 2.45) is 0 Å². The fourth-order valence-corrected chi connectivity index (χ4v) is 3.20. The molecule has 2 unspecified atom stereocenters. The third-order valence-corrected chi connectivity index (χ3v) is 4.63. The molecule has 180 valence electrons. The van der Waals surface area contributed by atoms with Crippen molar-refractivity contribution in [3.63, 3.8) is 0 Å². The van der Waals surface area contributed by atoms with Gasteiger partial charge in [-0.1, -0.05) is 31.5 Å². The molecule has 8 heteroatoms. The van der Waals surface area contributed by atoms with Crippen molar-refractivity contribution in [2.75, 3.05) is 6.54 Å². The maximum atomic E-state index is 13.5. The number of phenols is 1. The zero-order valence-electron chi connectivity index (χ0n) is 20.6. The Bertz CT molecular complexity index is 796. The van der Waals surface area contributed by atoms with Crippen molar-refractivity contribution in [3.05, 3.63) is 29.8 Å². The first-order valence-corrected chi connectivity index (χ1v) is 11.1. The first-order chi connectivity index (χ1) is 14.7. The van der Waals surface area contributed by atoms with Crippen LogP contribution in [0.2, 0.25) is 0 Å². The second-order valence-corrected chi connectivity index (χ2v) is 9.85. The van der Waals surface area contributed by atoms with E-state index in [1.807, 2.05) is 6.92 Å². The van der Waals surface area contributed by atoms with Crippen LogP contribution in [0.15, 0.2) is 24.3 Å². The topological polar surface area (TPSA) is 108 Å². The zero-order valence-corrected chi connectivity index (χ0v) is 20.6. The molecular weight excluding hydrogens is 410 g/mol. The van der Waals surface area contributed by atoms with E-state index in [4.69, 9.17) is 4.74 Å². The monoisotopic (exact) mass is 449 g/mol. The van der Waals surface area contributed by atoms with Gasteiger partial charge in [0, 0.05) is 17.6 Å². The van der Waals surface area contributed by atoms with Gasteiger partial charge >= 0.3 is 6.09 Å². The average Bonchev–Trinajstić information content (AvgIpc) is 2.63. The Morgan fingerprint density at radius 1 is 1.09 bits per heavy atom. The minimum Gasteiger partial charge on any atom is -0.508 e. The summed E-state index contributed by atoms with van der Waals surface area (Å²) in [5, 5.41) is 15.9. The van der Waals surface area contributed by atoms with Gasteiger partial charge in [0.25, 0.3) is 0 Å². The molecule has 0 aromatic heterocycles. The predicted octanol–water partition coefficient (Wildman–Crippen LogP) is 3.89. The summed E-state index contributed by atoms with van der Waals surface area (Å²) in [5.41, 5.74) is -1.20. The van der Waals surface area contributed by atoms with Gasteiger partial charge in [0.15, 0.2) is 0 Å². The number of hydrogen-bond acceptors (Lipinski definition) is 5. The van der Waals surface area contributed by atoms with Crippen LogP contribution in [0, 0.1) is 0 Å². The Hall–Kier alpha value is -2.77. The number of hydrogen-bond donors (Lipinski definition) is 3. The second-order valence-electron chi connectivity index (χ2n) is 9.85. The number of rotatable bonds is 8. The van der Waals surface area contributed by atoms with Crippen LogP contribution in [0.4, 0.5) is 4.79 Å². The number of para-hydroxylation sites is 1. The van der Waals surface area contributed by atoms with Crippen LogP contribution in [0.25, 0.3) is 0 Å². The molecule has 0 bridgehead atoms. The van der Waals surface area contributed by atoms with Gasteiger partial charge in [-0.3, -0.25) is 9.59 Å². The molecule has 32 heavy (non-hydrogen) atoms. The van der Waals surface area contributed by atoms with Gasteiger partial charge < -0.3 is 25.4 Å². The lowest BCUT2D eigenvalue weighted by molar-refractivity contribution is -0.148. The number of carbonyl (C=O) groups is 3. The molecule has 8 nitrogen and oxygen atoms in total. The maximum Gasteiger partial charge on any atom is 0.408 e. The maximum absolute atomic E-state index is 13.5. The highest BCUT2D eigenvalue weighted by Crippen LogP contribution is 2.34. The SMILES string of the molecule is CCCCNC(=O)C(c1ccccc1O)N(C(=O)C(C)NC(=O)OC(C)(C)C)C(C)(C)C. The fraction of sp³-hybridized carbons (Fsp3) is 0.625. The molecule has 0 spiro atoms. The van der Waals surface area contributed by atoms with Gasteiger partial charge in [-0.15, -0.1) is 0 Å². The first-order valence-electron chi connectivity index (χ1n) is 11.1. The Labute approximate surface area is 191 Å². The molecule has 0 aliphatic carbocycles. The average molecular weight is 450 g/mol. The Morgan fingerprint density at radius 2 is 1.69 bits per heavy atom. The van der Waals surface area contributed by atoms with Gasteiger partial charge in [0.05, 0.1) is 0 Å². The number of amides is 3. The molecule has 3 amide bonds. The summed E-state index contributed by atoms with van der Waals surface area (Å²) in [6.07, 6.45) is 0.971. The fourth-order valence-electron chi connectivity index (χ4n) is 3.20. The van der Waals surface area contributed by atoms with E-state index in [9.17, 15) is 19.5 Å². The van der Waals surface area contributed by atoms with E-state index in [-0.39, 0.29) is 5.75 Å². The smallest absolute Gasteiger partial charge is 0.408 e. The molecule has 0 aliphatic rings. The number of ether oxygens (including phenoxy) is 1. The molecular formula is C24H39N3O5. The normalized spacial score (nSPS) is 13.6. The van der Waals surface area contributed by atoms with Crippen LogP contribution < -0.4 is 10.6 Å². The molecule has 0 fully saturated rings. The number of aromatic hydroxyl groups is 1. The van der Waals surface area contributed by atoms with Gasteiger partial charge in [-0.05, 0) is 61.0 Å². The van der Waals surface area contributed by atoms with Crippen molar-refractivity contribution < 1.29 is 24.2 Å². The van der Waals surface area contributed by atoms with Crippen LogP contribution >= 0.6 is 0 Å². The Morgan fingerprint density at radius 3 is 2.19 bits per heavy atom. The minimum absolute atomic E-state index is 0.0852. The van der Waals surface area contributed by atoms with Crippen LogP contribution in [-0.2, 0) is 14.3 Å². The summed E-state index contributed by atoms with van der Waals surface area (Å²) in [6.45, 7) is 14.6. The highest BCUT2D eigenvalue weighted by Gasteiger charge is 2.41. The molecule has 3 N–H and O–H groups in total. The number of unbranched alkanes of at least 4 members (excludes halogenated alkanes) is 1. The number of carbonyl (C=O) groups excluding carboxylic acids is 3. The van der Waals surface area contributed by atoms with E-state index < -0.39 is 41.1 Å². The summed E-state index contributed by atoms with van der Waals surface area (Å²) in [6, 6.07) is 4.42. The highest BCUT2D eigenvalue weighted by atomic mass is 16.6. The second kappa shape index (κ2) is 11.2. The number of alkyl carbamates (subject to hydrolysis) is 1. The van der Waals surface area contributed by atoms with E-state index in [1.54, 1.807) is 66.7 Å². The van der Waals surface area contributed by atoms with Crippen molar-refractivity contribution in [1.29, 1.82) is 0 Å². The van der Waals surface area contributed by atoms with E-state index in [0.717, 1.165) is 12.8 Å². The quantitative estimate of drug-likeness (QED) is 0.522. The van der Waals surface area contributed by atoms with Gasteiger partial charge in [-0.25, -0.2) is 4.79 Å². The van der Waals surface area contributed by atoms with Crippen LogP contribution in [0.5, 0.6) is 5.75 Å². The molecule has 0 aliphatic heterocycles. The number of benzene rings is 1. The molecule has 1 rings (SSSR count). The number of nitrogens with zero attached hydrogens (tertiary/aromatic N) is 1. The van der Waals surface area contributed by atoms with Crippen molar-refractivity contribution in [3.8, 4) is 5.75 Å². The summed E-state index contributed by atoms with van der Waals surface area (Å²) in [7, 11) is 0. The predicted molar refractivity (Wildman–Crippen MR) is 124 cm³/mol. The molecule has 0 radical (unpaired) electrons. The minimum atomic E-state index is -1.08. The standard InChI is InChI=1S/C24H39N3O5/c1-9-10-15-25-20(29)19(17-13-11-12-14-18(17)28)27(23(3,4)5)21(30)16(2)26-22(31)32-24(6,7)8/h11-14,16,19,28H,9-10,15H2,1-8H3,(H,25,29)(H,26,31). The summed E-state index contributed by atoms with van der Waals surface area (Å²) < 4.78 is 5.26. The van der Waals surface area contributed by atoms with Crippen LogP contribution in [0.1, 0.15) is 79.8 Å². The lowest BCUT2D eigenvalue weighted by atomic mass is 9.95. The van der Waals surface area contributed by atoms with E-state index >= 15 is 0 Å². The largest absolute Gasteiger partial charge is 0.508 e. The molecule has 0 heterocycles. The van der Waals surface area contributed by atoms with Gasteiger partial charge in [0.2, 0.25) is 11.8 Å². The summed E-state index contributed by atoms with van der Waals surface area (Å²) in [5.74, 6) is -0.951. The van der Waals surface area contributed by atoms with Gasteiger partial charge in [-0.2, -0.15) is 0 Å². The Balaban J connectivity index is 3.35. The molecule has 1 aromatic carbocycles. The first kappa shape index (κ1) is 27.3. The van der Waals surface area contributed by atoms with E-state index in [1.165, 1.54) is 11.0 Å². The zero-order chi connectivity index (χ0) is 24.7. The number of phenolic OH excluding ortho intramolecular Hbond substituents is 1. The highest BCUT2D eigenvalue weighted by molar-refractivity contribution is 5.92. The molecule has 0 saturated heterocycles. The van der Waals surface area contributed by atoms with Crippen LogP contribution in [0.3, 0.4) is 0 Å². The van der Waals surface area contributed by atoms with E-state index in [0.29, 0.717) is 12.1 Å². The Kier molecular flexibility index (Phi) is 9.54. The third kappa shape index (κ3) is 8.05. The van der Waals surface area contributed by atoms with Crippen molar-refractivity contribution in [2.45, 2.75) is 91.5 Å². The van der Waals surface area contributed by atoms with Crippen LogP contribution in [-0.4, -0.2) is 51.6 Å². The van der Waals surface area contributed by atoms with Gasteiger partial charge in [0.1, 0.15) is 23.4 Å². The lowest BCUT2D eigenvalue weighted by Gasteiger charge is -2.42.